The Morgan fingerprint density at radius 2 is 1.88 bits per heavy atom. The summed E-state index contributed by atoms with van der Waals surface area (Å²) in [5.41, 5.74) is 3.74. The van der Waals surface area contributed by atoms with Crippen LogP contribution in [0.15, 0.2) is 35.9 Å². The molecular formula is C16H20O. The predicted molar refractivity (Wildman–Crippen MR) is 71.1 cm³/mol. The highest BCUT2D eigenvalue weighted by Gasteiger charge is 2.09. The number of rotatable bonds is 4. The van der Waals surface area contributed by atoms with E-state index in [4.69, 9.17) is 0 Å². The third-order valence-corrected chi connectivity index (χ3v) is 3.33. The van der Waals surface area contributed by atoms with Crippen molar-refractivity contribution in [2.45, 2.75) is 45.4 Å². The molecule has 0 spiro atoms. The summed E-state index contributed by atoms with van der Waals surface area (Å²) in [6, 6.07) is 8.26. The molecule has 17 heavy (non-hydrogen) atoms. The zero-order chi connectivity index (χ0) is 12.1. The van der Waals surface area contributed by atoms with Gasteiger partial charge in [-0.25, -0.2) is 0 Å². The van der Waals surface area contributed by atoms with E-state index in [1.165, 1.54) is 24.0 Å². The third-order valence-electron chi connectivity index (χ3n) is 3.33. The average molecular weight is 228 g/mol. The molecule has 1 heteroatoms. The molecule has 0 fully saturated rings. The van der Waals surface area contributed by atoms with Crippen LogP contribution >= 0.6 is 0 Å². The highest BCUT2D eigenvalue weighted by atomic mass is 16.1. The van der Waals surface area contributed by atoms with E-state index >= 15 is 0 Å². The number of carbonyl (C=O) groups is 1. The molecule has 0 unspecified atom stereocenters. The van der Waals surface area contributed by atoms with E-state index in [9.17, 15) is 4.79 Å². The molecule has 1 aliphatic carbocycles. The Morgan fingerprint density at radius 1 is 1.12 bits per heavy atom. The second kappa shape index (κ2) is 5.81. The van der Waals surface area contributed by atoms with Gasteiger partial charge in [-0.1, -0.05) is 41.5 Å². The Morgan fingerprint density at radius 3 is 2.53 bits per heavy atom. The van der Waals surface area contributed by atoms with Crippen LogP contribution in [0, 0.1) is 6.92 Å². The van der Waals surface area contributed by atoms with Gasteiger partial charge < -0.3 is 0 Å². The summed E-state index contributed by atoms with van der Waals surface area (Å²) in [6.45, 7) is 2.07. The van der Waals surface area contributed by atoms with E-state index in [-0.39, 0.29) is 0 Å². The summed E-state index contributed by atoms with van der Waals surface area (Å²) >= 11 is 0. The first-order valence-electron chi connectivity index (χ1n) is 6.49. The Hall–Kier alpha value is -1.37. The highest BCUT2D eigenvalue weighted by Crippen LogP contribution is 2.20. The fourth-order valence-corrected chi connectivity index (χ4v) is 2.31. The second-order valence-corrected chi connectivity index (χ2v) is 4.99. The largest absolute Gasteiger partial charge is 0.299 e. The topological polar surface area (TPSA) is 17.1 Å². The van der Waals surface area contributed by atoms with Crippen molar-refractivity contribution in [3.8, 4) is 0 Å². The minimum atomic E-state index is 0.349. The molecule has 2 rings (SSSR count). The summed E-state index contributed by atoms with van der Waals surface area (Å²) in [7, 11) is 0. The number of ketones is 1. The van der Waals surface area contributed by atoms with Crippen molar-refractivity contribution in [2.24, 2.45) is 0 Å². The number of benzene rings is 1. The summed E-state index contributed by atoms with van der Waals surface area (Å²) in [5, 5.41) is 0. The van der Waals surface area contributed by atoms with Crippen molar-refractivity contribution in [3.05, 3.63) is 47.0 Å². The van der Waals surface area contributed by atoms with E-state index in [2.05, 4.69) is 37.3 Å². The van der Waals surface area contributed by atoms with Crippen molar-refractivity contribution in [1.82, 2.24) is 0 Å². The van der Waals surface area contributed by atoms with E-state index in [0.29, 0.717) is 18.6 Å². The van der Waals surface area contributed by atoms with Gasteiger partial charge >= 0.3 is 0 Å². The van der Waals surface area contributed by atoms with E-state index in [1.54, 1.807) is 0 Å². The molecule has 0 saturated heterocycles. The number of aryl methyl sites for hydroxylation is 1. The molecule has 0 amide bonds. The van der Waals surface area contributed by atoms with E-state index in [0.717, 1.165) is 18.4 Å². The quantitative estimate of drug-likeness (QED) is 0.712. The van der Waals surface area contributed by atoms with E-state index < -0.39 is 0 Å². The van der Waals surface area contributed by atoms with Crippen molar-refractivity contribution < 1.29 is 4.79 Å². The lowest BCUT2D eigenvalue weighted by Gasteiger charge is -2.11. The van der Waals surface area contributed by atoms with Crippen LogP contribution in [0.2, 0.25) is 0 Å². The van der Waals surface area contributed by atoms with Gasteiger partial charge in [0, 0.05) is 12.8 Å². The van der Waals surface area contributed by atoms with Crippen LogP contribution in [-0.2, 0) is 11.2 Å². The molecule has 0 atom stereocenters. The smallest absolute Gasteiger partial charge is 0.141 e. The highest BCUT2D eigenvalue weighted by molar-refractivity contribution is 5.83. The van der Waals surface area contributed by atoms with Gasteiger partial charge in [-0.05, 0) is 38.2 Å². The van der Waals surface area contributed by atoms with Crippen LogP contribution in [0.25, 0.3) is 0 Å². The van der Waals surface area contributed by atoms with Crippen LogP contribution in [0.3, 0.4) is 0 Å². The lowest BCUT2D eigenvalue weighted by Crippen LogP contribution is -2.05. The Labute approximate surface area is 104 Å². The number of allylic oxidation sites excluding steroid dienone is 2. The summed E-state index contributed by atoms with van der Waals surface area (Å²) in [6.07, 6.45) is 8.33. The molecule has 90 valence electrons. The molecule has 1 nitrogen and oxygen atoms in total. The first kappa shape index (κ1) is 12.1. The van der Waals surface area contributed by atoms with Crippen molar-refractivity contribution in [2.75, 3.05) is 0 Å². The normalized spacial score (nSPS) is 15.5. The van der Waals surface area contributed by atoms with Gasteiger partial charge in [0.25, 0.3) is 0 Å². The van der Waals surface area contributed by atoms with Gasteiger partial charge in [0.2, 0.25) is 0 Å². The molecule has 0 aliphatic heterocycles. The summed E-state index contributed by atoms with van der Waals surface area (Å²) in [5.74, 6) is 0.349. The Balaban J connectivity index is 1.88. The predicted octanol–water partition coefficient (Wildman–Crippen LogP) is 4.00. The second-order valence-electron chi connectivity index (χ2n) is 4.99. The van der Waals surface area contributed by atoms with E-state index in [1.807, 2.05) is 0 Å². The fraction of sp³-hybridized carbons (Fsp3) is 0.438. The monoisotopic (exact) mass is 228 g/mol. The molecule has 0 radical (unpaired) electrons. The minimum absolute atomic E-state index is 0.349. The first-order chi connectivity index (χ1) is 8.24. The van der Waals surface area contributed by atoms with Crippen LogP contribution in [0.4, 0.5) is 0 Å². The van der Waals surface area contributed by atoms with Gasteiger partial charge in [0.05, 0.1) is 0 Å². The maximum atomic E-state index is 11.9. The molecule has 0 aromatic heterocycles. The maximum absolute atomic E-state index is 11.9. The Kier molecular flexibility index (Phi) is 4.13. The molecule has 0 heterocycles. The molecule has 0 bridgehead atoms. The molecule has 1 aromatic carbocycles. The number of hydrogen-bond acceptors (Lipinski definition) is 1. The summed E-state index contributed by atoms with van der Waals surface area (Å²) < 4.78 is 0. The van der Waals surface area contributed by atoms with Gasteiger partial charge in [0.1, 0.15) is 5.78 Å². The van der Waals surface area contributed by atoms with Gasteiger partial charge in [-0.2, -0.15) is 0 Å². The van der Waals surface area contributed by atoms with Gasteiger partial charge in [-0.15, -0.1) is 0 Å². The Bertz CT molecular complexity index is 412. The molecule has 1 aromatic rings. The van der Waals surface area contributed by atoms with Crippen LogP contribution in [-0.4, -0.2) is 5.78 Å². The zero-order valence-corrected chi connectivity index (χ0v) is 10.5. The minimum Gasteiger partial charge on any atom is -0.299 e. The van der Waals surface area contributed by atoms with Crippen LogP contribution in [0.1, 0.15) is 43.2 Å². The average Bonchev–Trinajstić information content (AvgIpc) is 2.33. The van der Waals surface area contributed by atoms with Crippen LogP contribution in [0.5, 0.6) is 0 Å². The first-order valence-corrected chi connectivity index (χ1v) is 6.49. The lowest BCUT2D eigenvalue weighted by atomic mass is 9.94. The molecule has 0 saturated carbocycles. The molecule has 1 aliphatic rings. The fourth-order valence-electron chi connectivity index (χ4n) is 2.31. The van der Waals surface area contributed by atoms with Gasteiger partial charge in [-0.3, -0.25) is 4.79 Å². The number of carbonyl (C=O) groups excluding carboxylic acids is 1. The third kappa shape index (κ3) is 3.85. The van der Waals surface area contributed by atoms with Crippen molar-refractivity contribution in [3.63, 3.8) is 0 Å². The summed E-state index contributed by atoms with van der Waals surface area (Å²) in [4.78, 5) is 11.9. The molecular weight excluding hydrogens is 208 g/mol. The zero-order valence-electron chi connectivity index (χ0n) is 10.5. The van der Waals surface area contributed by atoms with Crippen LogP contribution < -0.4 is 0 Å². The van der Waals surface area contributed by atoms with Crippen molar-refractivity contribution >= 4 is 5.78 Å². The van der Waals surface area contributed by atoms with Gasteiger partial charge in [0.15, 0.2) is 0 Å². The molecule has 0 N–H and O–H groups in total. The number of Topliss-reactive ketones (excluding diaryl/α,β-unsaturated/α-hetero) is 1. The lowest BCUT2D eigenvalue weighted by molar-refractivity contribution is -0.117. The standard InChI is InChI=1S/C16H20O/c1-13-7-9-15(10-8-13)12-16(17)11-14-5-3-2-4-6-14/h5,7-10H,2-4,6,11-12H2,1H3. The SMILES string of the molecule is Cc1ccc(CC(=O)CC2=CCCCC2)cc1. The van der Waals surface area contributed by atoms with Crippen molar-refractivity contribution in [1.29, 1.82) is 0 Å². The number of hydrogen-bond donors (Lipinski definition) is 0. The maximum Gasteiger partial charge on any atom is 0.141 e.